The van der Waals surface area contributed by atoms with Gasteiger partial charge in [-0.15, -0.1) is 11.3 Å². The molecular formula is C28H24F3N3O4S. The van der Waals surface area contributed by atoms with Crippen molar-refractivity contribution >= 4 is 34.7 Å². The van der Waals surface area contributed by atoms with Crippen molar-refractivity contribution in [1.82, 2.24) is 10.6 Å². The van der Waals surface area contributed by atoms with Gasteiger partial charge < -0.3 is 15.1 Å². The van der Waals surface area contributed by atoms with Gasteiger partial charge in [0.15, 0.2) is 0 Å². The summed E-state index contributed by atoms with van der Waals surface area (Å²) in [5.74, 6) is -1.49. The maximum atomic E-state index is 13.6. The molecule has 0 saturated carbocycles. The van der Waals surface area contributed by atoms with Crippen LogP contribution in [0.15, 0.2) is 88.9 Å². The molecule has 0 saturated heterocycles. The van der Waals surface area contributed by atoms with Crippen LogP contribution in [0.4, 0.5) is 18.9 Å². The van der Waals surface area contributed by atoms with E-state index in [4.69, 9.17) is 4.42 Å². The van der Waals surface area contributed by atoms with Gasteiger partial charge in [0.2, 0.25) is 11.8 Å². The normalized spacial score (nSPS) is 12.0. The van der Waals surface area contributed by atoms with Crippen molar-refractivity contribution in [1.29, 1.82) is 0 Å². The number of hydrogen-bond acceptors (Lipinski definition) is 5. The number of amides is 3. The highest BCUT2D eigenvalue weighted by Crippen LogP contribution is 2.34. The van der Waals surface area contributed by atoms with Gasteiger partial charge in [-0.2, -0.15) is 13.2 Å². The molecule has 39 heavy (non-hydrogen) atoms. The molecule has 1 atom stereocenters. The van der Waals surface area contributed by atoms with E-state index in [1.54, 1.807) is 53.9 Å². The van der Waals surface area contributed by atoms with Crippen LogP contribution in [-0.4, -0.2) is 24.3 Å². The van der Waals surface area contributed by atoms with E-state index < -0.39 is 42.0 Å². The van der Waals surface area contributed by atoms with Gasteiger partial charge >= 0.3 is 6.18 Å². The lowest BCUT2D eigenvalue weighted by Gasteiger charge is -2.32. The van der Waals surface area contributed by atoms with E-state index in [1.165, 1.54) is 23.7 Å². The van der Waals surface area contributed by atoms with Crippen LogP contribution in [0.2, 0.25) is 0 Å². The van der Waals surface area contributed by atoms with Crippen molar-refractivity contribution in [3.05, 3.63) is 112 Å². The van der Waals surface area contributed by atoms with Crippen LogP contribution < -0.4 is 15.5 Å². The molecule has 2 N–H and O–H groups in total. The smallest absolute Gasteiger partial charge is 0.416 e. The van der Waals surface area contributed by atoms with Crippen LogP contribution >= 0.6 is 11.3 Å². The second-order valence-corrected chi connectivity index (χ2v) is 9.53. The zero-order chi connectivity index (χ0) is 28.0. The number of furan rings is 1. The Morgan fingerprint density at radius 2 is 1.74 bits per heavy atom. The highest BCUT2D eigenvalue weighted by Gasteiger charge is 2.36. The van der Waals surface area contributed by atoms with Crippen molar-refractivity contribution in [2.75, 3.05) is 11.4 Å². The lowest BCUT2D eigenvalue weighted by atomic mass is 10.0. The van der Waals surface area contributed by atoms with Crippen molar-refractivity contribution in [2.45, 2.75) is 25.7 Å². The second kappa shape index (κ2) is 12.0. The van der Waals surface area contributed by atoms with Crippen molar-refractivity contribution < 1.29 is 32.0 Å². The lowest BCUT2D eigenvalue weighted by molar-refractivity contribution is -0.137. The van der Waals surface area contributed by atoms with Gasteiger partial charge in [0.05, 0.1) is 29.8 Å². The topological polar surface area (TPSA) is 91.7 Å². The molecule has 0 spiro atoms. The van der Waals surface area contributed by atoms with Crippen LogP contribution in [0.3, 0.4) is 0 Å². The number of hydrogen-bond donors (Lipinski definition) is 2. The molecule has 0 unspecified atom stereocenters. The third-order valence-electron chi connectivity index (χ3n) is 5.78. The van der Waals surface area contributed by atoms with Gasteiger partial charge in [-0.05, 0) is 54.3 Å². The van der Waals surface area contributed by atoms with Crippen LogP contribution in [-0.2, 0) is 22.3 Å². The van der Waals surface area contributed by atoms with Gasteiger partial charge in [-0.1, -0.05) is 42.0 Å². The van der Waals surface area contributed by atoms with E-state index in [0.717, 1.165) is 28.7 Å². The summed E-state index contributed by atoms with van der Waals surface area (Å²) in [6, 6.07) is 16.1. The molecule has 2 aromatic heterocycles. The number of nitrogens with one attached hydrogen (secondary N) is 2. The molecule has 4 rings (SSSR count). The summed E-state index contributed by atoms with van der Waals surface area (Å²) < 4.78 is 46.1. The monoisotopic (exact) mass is 555 g/mol. The van der Waals surface area contributed by atoms with Crippen molar-refractivity contribution in [3.8, 4) is 0 Å². The Labute approximate surface area is 226 Å². The average molecular weight is 556 g/mol. The number of aryl methyl sites for hydroxylation is 1. The third kappa shape index (κ3) is 6.94. The number of carbonyl (C=O) groups is 3. The Hall–Kier alpha value is -4.38. The number of anilines is 1. The summed E-state index contributed by atoms with van der Waals surface area (Å²) in [6.07, 6.45) is -3.24. The number of nitrogens with zero attached hydrogens (tertiary/aromatic N) is 1. The van der Waals surface area contributed by atoms with Crippen LogP contribution in [0.1, 0.15) is 38.2 Å². The minimum atomic E-state index is -4.68. The fourth-order valence-corrected chi connectivity index (χ4v) is 4.50. The lowest BCUT2D eigenvalue weighted by Crippen LogP contribution is -2.47. The average Bonchev–Trinajstić information content (AvgIpc) is 3.64. The summed E-state index contributed by atoms with van der Waals surface area (Å²) in [7, 11) is 0. The molecule has 0 fully saturated rings. The van der Waals surface area contributed by atoms with Gasteiger partial charge in [0, 0.05) is 5.69 Å². The summed E-state index contributed by atoms with van der Waals surface area (Å²) in [5.41, 5.74) is 0.111. The van der Waals surface area contributed by atoms with Gasteiger partial charge in [0.25, 0.3) is 5.91 Å². The Morgan fingerprint density at radius 1 is 0.974 bits per heavy atom. The summed E-state index contributed by atoms with van der Waals surface area (Å²) in [5, 5.41) is 6.90. The fraction of sp³-hybridized carbons (Fsp3) is 0.179. The van der Waals surface area contributed by atoms with E-state index in [9.17, 15) is 27.6 Å². The largest absolute Gasteiger partial charge is 0.467 e. The van der Waals surface area contributed by atoms with E-state index >= 15 is 0 Å². The number of halogens is 3. The highest BCUT2D eigenvalue weighted by atomic mass is 32.1. The Bertz CT molecular complexity index is 1420. The third-order valence-corrected chi connectivity index (χ3v) is 6.65. The molecule has 0 aliphatic heterocycles. The molecule has 202 valence electrons. The van der Waals surface area contributed by atoms with E-state index in [-0.39, 0.29) is 12.2 Å². The van der Waals surface area contributed by atoms with Crippen LogP contribution in [0, 0.1) is 6.92 Å². The number of thiophene rings is 1. The Balaban J connectivity index is 1.73. The van der Waals surface area contributed by atoms with Gasteiger partial charge in [-0.25, -0.2) is 0 Å². The molecule has 2 aromatic carbocycles. The summed E-state index contributed by atoms with van der Waals surface area (Å²) in [4.78, 5) is 41.1. The predicted molar refractivity (Wildman–Crippen MR) is 140 cm³/mol. The molecular weight excluding hydrogens is 531 g/mol. The van der Waals surface area contributed by atoms with Gasteiger partial charge in [0.1, 0.15) is 11.8 Å². The number of rotatable bonds is 9. The molecule has 2 heterocycles. The molecule has 4 aromatic rings. The first-order valence-electron chi connectivity index (χ1n) is 11.8. The van der Waals surface area contributed by atoms with Crippen LogP contribution in [0.5, 0.6) is 0 Å². The first-order chi connectivity index (χ1) is 18.6. The molecule has 3 amide bonds. The maximum Gasteiger partial charge on any atom is 0.416 e. The number of alkyl halides is 3. The fourth-order valence-electron chi connectivity index (χ4n) is 3.86. The van der Waals surface area contributed by atoms with Crippen molar-refractivity contribution in [2.24, 2.45) is 0 Å². The Morgan fingerprint density at radius 3 is 2.38 bits per heavy atom. The summed E-state index contributed by atoms with van der Waals surface area (Å²) >= 11 is 1.17. The zero-order valence-corrected chi connectivity index (χ0v) is 21.5. The number of carbonyl (C=O) groups excluding carboxylic acids is 3. The minimum Gasteiger partial charge on any atom is -0.467 e. The molecule has 0 aliphatic carbocycles. The molecule has 7 nitrogen and oxygen atoms in total. The maximum absolute atomic E-state index is 13.6. The van der Waals surface area contributed by atoms with Gasteiger partial charge in [-0.3, -0.25) is 19.3 Å². The van der Waals surface area contributed by atoms with E-state index in [2.05, 4.69) is 10.6 Å². The van der Waals surface area contributed by atoms with Crippen molar-refractivity contribution in [3.63, 3.8) is 0 Å². The first kappa shape index (κ1) is 27.6. The minimum absolute atomic E-state index is 0.00602. The molecule has 0 bridgehead atoms. The Kier molecular flexibility index (Phi) is 8.50. The first-order valence-corrected chi connectivity index (χ1v) is 12.7. The zero-order valence-electron chi connectivity index (χ0n) is 20.7. The molecule has 0 aliphatic rings. The standard InChI is InChI=1S/C28H24F3N3O4S/c1-18-9-11-19(12-10-18)25(27(37)32-16-22-7-3-13-38-22)34(21-6-2-5-20(15-21)28(29,30)31)24(35)17-33-26(36)23-8-4-14-39-23/h2-15,25H,16-17H2,1H3,(H,32,37)(H,33,36)/t25-/m0/s1. The number of benzene rings is 2. The second-order valence-electron chi connectivity index (χ2n) is 8.58. The molecule has 11 heteroatoms. The SMILES string of the molecule is Cc1ccc([C@@H](C(=O)NCc2ccco2)N(C(=O)CNC(=O)c2cccs2)c2cccc(C(F)(F)F)c2)cc1. The van der Waals surface area contributed by atoms with E-state index in [1.807, 2.05) is 6.92 Å². The van der Waals surface area contributed by atoms with E-state index in [0.29, 0.717) is 16.2 Å². The van der Waals surface area contributed by atoms with Crippen LogP contribution in [0.25, 0.3) is 0 Å². The summed E-state index contributed by atoms with van der Waals surface area (Å²) in [6.45, 7) is 1.28. The molecule has 0 radical (unpaired) electrons. The highest BCUT2D eigenvalue weighted by molar-refractivity contribution is 7.12. The predicted octanol–water partition coefficient (Wildman–Crippen LogP) is 5.49. The quantitative estimate of drug-likeness (QED) is 0.286.